The highest BCUT2D eigenvalue weighted by Crippen LogP contribution is 2.39. The van der Waals surface area contributed by atoms with E-state index in [0.29, 0.717) is 0 Å². The van der Waals surface area contributed by atoms with Gasteiger partial charge in [-0.1, -0.05) is 13.8 Å². The van der Waals surface area contributed by atoms with Crippen molar-refractivity contribution in [2.24, 2.45) is 11.1 Å². The van der Waals surface area contributed by atoms with Crippen molar-refractivity contribution in [3.8, 4) is 0 Å². The molecule has 1 atom stereocenters. The van der Waals surface area contributed by atoms with Crippen LogP contribution in [0.5, 0.6) is 0 Å². The van der Waals surface area contributed by atoms with Crippen LogP contribution in [-0.4, -0.2) is 53.0 Å². The van der Waals surface area contributed by atoms with Gasteiger partial charge >= 0.3 is 6.18 Å². The predicted octanol–water partition coefficient (Wildman–Crippen LogP) is 2.19. The number of carbonyl (C=O) groups is 2. The molecule has 1 aliphatic rings. The Bertz CT molecular complexity index is 925. The zero-order valence-corrected chi connectivity index (χ0v) is 17.1. The van der Waals surface area contributed by atoms with E-state index in [9.17, 15) is 27.9 Å². The Morgan fingerprint density at radius 3 is 2.52 bits per heavy atom. The number of benzene rings is 1. The number of nitrogens with two attached hydrogens (primary N) is 1. The zero-order chi connectivity index (χ0) is 23.6. The van der Waals surface area contributed by atoms with Crippen molar-refractivity contribution in [1.29, 1.82) is 5.41 Å². The molecular weight excluding hydrogens is 417 g/mol. The van der Waals surface area contributed by atoms with E-state index in [0.717, 1.165) is 0 Å². The van der Waals surface area contributed by atoms with E-state index in [1.54, 1.807) is 13.8 Å². The van der Waals surface area contributed by atoms with Gasteiger partial charge in [0.05, 0.1) is 23.8 Å². The third-order valence-corrected chi connectivity index (χ3v) is 4.73. The molecule has 0 radical (unpaired) electrons. The first-order chi connectivity index (χ1) is 14.2. The Morgan fingerprint density at radius 1 is 1.32 bits per heavy atom. The lowest BCUT2D eigenvalue weighted by Gasteiger charge is -2.33. The summed E-state index contributed by atoms with van der Waals surface area (Å²) in [5.74, 6) is -1.56. The number of primary amides is 1. The number of anilines is 2. The molecule has 1 aromatic carbocycles. The number of carbonyl (C=O) groups excluding carboxylic acids is 2. The molecule has 170 valence electrons. The SMILES string of the molecule is CC1(C)CC(=O)C(C(=N)C(F)(F)F)=C(Nc2ccc(C(N)=O)c(NCC(O)CO)c2)C1. The van der Waals surface area contributed by atoms with Gasteiger partial charge in [-0.05, 0) is 30.0 Å². The maximum atomic E-state index is 13.2. The Hall–Kier alpha value is -2.92. The summed E-state index contributed by atoms with van der Waals surface area (Å²) in [4.78, 5) is 24.1. The highest BCUT2D eigenvalue weighted by molar-refractivity contribution is 6.24. The van der Waals surface area contributed by atoms with Crippen LogP contribution in [0.3, 0.4) is 0 Å². The Morgan fingerprint density at radius 2 is 1.97 bits per heavy atom. The van der Waals surface area contributed by atoms with Gasteiger partial charge in [-0.3, -0.25) is 15.0 Å². The van der Waals surface area contributed by atoms with E-state index in [-0.39, 0.29) is 42.0 Å². The van der Waals surface area contributed by atoms with Crippen molar-refractivity contribution >= 4 is 28.8 Å². The highest BCUT2D eigenvalue weighted by atomic mass is 19.4. The molecular formula is C20H25F3N4O4. The maximum Gasteiger partial charge on any atom is 0.433 e. The first kappa shape index (κ1) is 24.4. The molecule has 2 rings (SSSR count). The number of nitrogens with one attached hydrogen (secondary N) is 3. The third kappa shape index (κ3) is 6.05. The number of Topliss-reactive ketones (excluding diaryl/α,β-unsaturated/α-hetero) is 1. The number of alkyl halides is 3. The summed E-state index contributed by atoms with van der Waals surface area (Å²) < 4.78 is 39.5. The molecule has 0 bridgehead atoms. The fourth-order valence-corrected chi connectivity index (χ4v) is 3.31. The molecule has 0 heterocycles. The lowest BCUT2D eigenvalue weighted by atomic mass is 9.74. The van der Waals surface area contributed by atoms with Gasteiger partial charge < -0.3 is 26.6 Å². The smallest absolute Gasteiger partial charge is 0.394 e. The number of hydrogen-bond acceptors (Lipinski definition) is 7. The summed E-state index contributed by atoms with van der Waals surface area (Å²) in [6.07, 6.45) is -6.13. The van der Waals surface area contributed by atoms with E-state index < -0.39 is 47.3 Å². The number of halogens is 3. The molecule has 0 aliphatic heterocycles. The molecule has 0 aromatic heterocycles. The number of ketones is 1. The molecule has 11 heteroatoms. The fourth-order valence-electron chi connectivity index (χ4n) is 3.31. The first-order valence-electron chi connectivity index (χ1n) is 9.41. The topological polar surface area (TPSA) is 149 Å². The monoisotopic (exact) mass is 442 g/mol. The molecule has 0 saturated carbocycles. The van der Waals surface area contributed by atoms with Crippen LogP contribution in [0.4, 0.5) is 24.5 Å². The standard InChI is InChI=1S/C20H25F3N4O4/c1-19(2)6-14(16(15(30)7-19)17(24)20(21,22)23)27-10-3-4-12(18(25)31)13(5-10)26-8-11(29)9-28/h3-5,11,24,26-29H,6-9H2,1-2H3,(H2,25,31). The van der Waals surface area contributed by atoms with Crippen LogP contribution >= 0.6 is 0 Å². The van der Waals surface area contributed by atoms with E-state index in [1.807, 2.05) is 0 Å². The lowest BCUT2D eigenvalue weighted by Crippen LogP contribution is -2.36. The van der Waals surface area contributed by atoms with Gasteiger partial charge in [0.15, 0.2) is 5.78 Å². The van der Waals surface area contributed by atoms with Crippen molar-refractivity contribution in [1.82, 2.24) is 0 Å². The van der Waals surface area contributed by atoms with E-state index in [2.05, 4.69) is 10.6 Å². The van der Waals surface area contributed by atoms with Crippen molar-refractivity contribution in [2.75, 3.05) is 23.8 Å². The average molecular weight is 442 g/mol. The van der Waals surface area contributed by atoms with Crippen molar-refractivity contribution < 1.29 is 33.0 Å². The van der Waals surface area contributed by atoms with Gasteiger partial charge in [-0.15, -0.1) is 0 Å². The summed E-state index contributed by atoms with van der Waals surface area (Å²) in [5.41, 5.74) is 2.74. The Balaban J connectivity index is 2.47. The second-order valence-electron chi connectivity index (χ2n) is 8.13. The molecule has 1 aliphatic carbocycles. The fraction of sp³-hybridized carbons (Fsp3) is 0.450. The number of amides is 1. The van der Waals surface area contributed by atoms with Crippen LogP contribution < -0.4 is 16.4 Å². The summed E-state index contributed by atoms with van der Waals surface area (Å²) >= 11 is 0. The minimum atomic E-state index is -4.98. The normalized spacial score (nSPS) is 17.3. The minimum Gasteiger partial charge on any atom is -0.394 e. The van der Waals surface area contributed by atoms with Crippen LogP contribution in [0.15, 0.2) is 29.5 Å². The third-order valence-electron chi connectivity index (χ3n) is 4.73. The quantitative estimate of drug-likeness (QED) is 0.340. The molecule has 1 aromatic rings. The minimum absolute atomic E-state index is 0.0447. The second kappa shape index (κ2) is 9.06. The van der Waals surface area contributed by atoms with Gasteiger partial charge in [0.25, 0.3) is 5.91 Å². The van der Waals surface area contributed by atoms with Crippen LogP contribution in [0, 0.1) is 10.8 Å². The predicted molar refractivity (Wildman–Crippen MR) is 109 cm³/mol. The molecule has 0 saturated heterocycles. The summed E-state index contributed by atoms with van der Waals surface area (Å²) in [6, 6.07) is 4.13. The van der Waals surface area contributed by atoms with Gasteiger partial charge in [-0.2, -0.15) is 13.2 Å². The van der Waals surface area contributed by atoms with Crippen LogP contribution in [-0.2, 0) is 4.79 Å². The summed E-state index contributed by atoms with van der Waals surface area (Å²) in [7, 11) is 0. The average Bonchev–Trinajstić information content (AvgIpc) is 2.63. The highest BCUT2D eigenvalue weighted by Gasteiger charge is 2.44. The van der Waals surface area contributed by atoms with Crippen molar-refractivity contribution in [3.05, 3.63) is 35.0 Å². The Kier molecular flexibility index (Phi) is 7.12. The maximum absolute atomic E-state index is 13.2. The number of rotatable bonds is 8. The van der Waals surface area contributed by atoms with Crippen molar-refractivity contribution in [2.45, 2.75) is 39.0 Å². The molecule has 0 fully saturated rings. The van der Waals surface area contributed by atoms with E-state index in [1.165, 1.54) is 18.2 Å². The molecule has 0 spiro atoms. The number of allylic oxidation sites excluding steroid dienone is 2. The van der Waals surface area contributed by atoms with E-state index in [4.69, 9.17) is 16.2 Å². The second-order valence-corrected chi connectivity index (χ2v) is 8.13. The molecule has 1 amide bonds. The Labute approximate surface area is 176 Å². The van der Waals surface area contributed by atoms with Crippen LogP contribution in [0.1, 0.15) is 37.0 Å². The largest absolute Gasteiger partial charge is 0.433 e. The first-order valence-corrected chi connectivity index (χ1v) is 9.41. The summed E-state index contributed by atoms with van der Waals surface area (Å²) in [5, 5.41) is 31.5. The molecule has 1 unspecified atom stereocenters. The van der Waals surface area contributed by atoms with Gasteiger partial charge in [-0.25, -0.2) is 0 Å². The zero-order valence-electron chi connectivity index (χ0n) is 17.1. The lowest BCUT2D eigenvalue weighted by molar-refractivity contribution is -0.118. The van der Waals surface area contributed by atoms with Gasteiger partial charge in [0.1, 0.15) is 5.71 Å². The van der Waals surface area contributed by atoms with Crippen LogP contribution in [0.25, 0.3) is 0 Å². The van der Waals surface area contributed by atoms with Crippen molar-refractivity contribution in [3.63, 3.8) is 0 Å². The number of aliphatic hydroxyl groups excluding tert-OH is 2. The van der Waals surface area contributed by atoms with Gasteiger partial charge in [0.2, 0.25) is 0 Å². The number of hydrogen-bond donors (Lipinski definition) is 6. The van der Waals surface area contributed by atoms with E-state index >= 15 is 0 Å². The van der Waals surface area contributed by atoms with Gasteiger partial charge in [0, 0.05) is 30.0 Å². The summed E-state index contributed by atoms with van der Waals surface area (Å²) in [6.45, 7) is 2.84. The molecule has 7 N–H and O–H groups in total. The number of aliphatic hydroxyl groups is 2. The molecule has 8 nitrogen and oxygen atoms in total. The van der Waals surface area contributed by atoms with Crippen LogP contribution in [0.2, 0.25) is 0 Å². The molecule has 31 heavy (non-hydrogen) atoms.